The van der Waals surface area contributed by atoms with Crippen molar-refractivity contribution in [2.24, 2.45) is 0 Å². The van der Waals surface area contributed by atoms with Crippen LogP contribution in [0.2, 0.25) is 0 Å². The summed E-state index contributed by atoms with van der Waals surface area (Å²) in [4.78, 5) is 9.99. The van der Waals surface area contributed by atoms with Crippen LogP contribution >= 0.6 is 0 Å². The molecule has 9 aromatic rings. The summed E-state index contributed by atoms with van der Waals surface area (Å²) in [7, 11) is 0. The van der Waals surface area contributed by atoms with Gasteiger partial charge >= 0.3 is 0 Å². The average Bonchev–Trinajstić information content (AvgIpc) is 3.55. The van der Waals surface area contributed by atoms with Crippen LogP contribution in [0.4, 0.5) is 0 Å². The molecule has 236 valence electrons. The van der Waals surface area contributed by atoms with Crippen molar-refractivity contribution < 1.29 is 0 Å². The Hall–Kier alpha value is -6.65. The molecule has 0 saturated heterocycles. The Kier molecular flexibility index (Phi) is 7.33. The molecule has 3 aromatic heterocycles. The molecule has 4 nitrogen and oxygen atoms in total. The first-order valence-electron chi connectivity index (χ1n) is 16.9. The fourth-order valence-electron chi connectivity index (χ4n) is 6.89. The van der Waals surface area contributed by atoms with Crippen molar-refractivity contribution in [1.29, 1.82) is 0 Å². The zero-order chi connectivity index (χ0) is 33.4. The number of rotatable bonds is 6. The number of pyridine rings is 1. The molecule has 4 heteroatoms. The van der Waals surface area contributed by atoms with E-state index in [0.29, 0.717) is 5.82 Å². The number of aryl methyl sites for hydroxylation is 1. The van der Waals surface area contributed by atoms with E-state index in [1.165, 1.54) is 10.8 Å². The van der Waals surface area contributed by atoms with Crippen LogP contribution in [0.15, 0.2) is 176 Å². The number of aromatic nitrogens is 4. The Morgan fingerprint density at radius 2 is 0.920 bits per heavy atom. The monoisotopic (exact) mass is 640 g/mol. The molecular formula is C46H32N4. The Bertz CT molecular complexity index is 2550. The van der Waals surface area contributed by atoms with E-state index in [4.69, 9.17) is 15.1 Å². The van der Waals surface area contributed by atoms with Gasteiger partial charge in [-0.05, 0) is 47.2 Å². The van der Waals surface area contributed by atoms with Crippen LogP contribution < -0.4 is 0 Å². The van der Waals surface area contributed by atoms with E-state index >= 15 is 0 Å². The van der Waals surface area contributed by atoms with Crippen LogP contribution in [0.1, 0.15) is 5.69 Å². The maximum Gasteiger partial charge on any atom is 0.160 e. The molecule has 0 aliphatic heterocycles. The van der Waals surface area contributed by atoms with Gasteiger partial charge in [-0.25, -0.2) is 14.5 Å². The predicted molar refractivity (Wildman–Crippen MR) is 206 cm³/mol. The summed E-state index contributed by atoms with van der Waals surface area (Å²) >= 11 is 0. The lowest BCUT2D eigenvalue weighted by Crippen LogP contribution is -1.96. The molecule has 0 fully saturated rings. The largest absolute Gasteiger partial charge is 0.232 e. The van der Waals surface area contributed by atoms with E-state index < -0.39 is 0 Å². The standard InChI is InChI=1S/C46H32N4/c1-31-44(36-18-10-4-11-19-36)45-40-28-38(26-27-39(40)29-43(50(45)49-31)35-16-8-3-9-17-35)32-22-24-34(25-23-32)42-30-41(33-14-6-2-7-15-33)47-46(48-42)37-20-12-5-13-21-37/h2-30H,1H3. The first-order valence-corrected chi connectivity index (χ1v) is 16.9. The second-order valence-electron chi connectivity index (χ2n) is 12.6. The van der Waals surface area contributed by atoms with Crippen molar-refractivity contribution in [2.75, 3.05) is 0 Å². The third kappa shape index (κ3) is 5.33. The van der Waals surface area contributed by atoms with Crippen molar-refractivity contribution >= 4 is 16.3 Å². The Morgan fingerprint density at radius 3 is 1.54 bits per heavy atom. The smallest absolute Gasteiger partial charge is 0.160 e. The summed E-state index contributed by atoms with van der Waals surface area (Å²) < 4.78 is 2.13. The Balaban J connectivity index is 1.17. The van der Waals surface area contributed by atoms with E-state index in [1.54, 1.807) is 0 Å². The summed E-state index contributed by atoms with van der Waals surface area (Å²) in [5.74, 6) is 0.713. The molecule has 0 unspecified atom stereocenters. The second-order valence-corrected chi connectivity index (χ2v) is 12.6. The summed E-state index contributed by atoms with van der Waals surface area (Å²) in [5, 5.41) is 7.47. The van der Waals surface area contributed by atoms with Crippen LogP contribution in [-0.2, 0) is 0 Å². The van der Waals surface area contributed by atoms with Gasteiger partial charge in [0.1, 0.15) is 0 Å². The van der Waals surface area contributed by atoms with Crippen molar-refractivity contribution in [1.82, 2.24) is 19.6 Å². The van der Waals surface area contributed by atoms with Gasteiger partial charge in [0, 0.05) is 33.2 Å². The normalized spacial score (nSPS) is 11.3. The highest BCUT2D eigenvalue weighted by molar-refractivity contribution is 6.07. The highest BCUT2D eigenvalue weighted by Gasteiger charge is 2.19. The van der Waals surface area contributed by atoms with Gasteiger partial charge in [0.05, 0.1) is 28.3 Å². The van der Waals surface area contributed by atoms with E-state index in [0.717, 1.165) is 72.8 Å². The maximum absolute atomic E-state index is 5.13. The molecule has 0 N–H and O–H groups in total. The van der Waals surface area contributed by atoms with Crippen molar-refractivity contribution in [3.05, 3.63) is 182 Å². The Labute approximate surface area is 291 Å². The van der Waals surface area contributed by atoms with Crippen LogP contribution in [0.5, 0.6) is 0 Å². The summed E-state index contributed by atoms with van der Waals surface area (Å²) in [6.45, 7) is 2.11. The number of fused-ring (bicyclic) bond motifs is 3. The number of nitrogens with zero attached hydrogens (tertiary/aromatic N) is 4. The fraction of sp³-hybridized carbons (Fsp3) is 0.0217. The number of benzene rings is 6. The molecule has 0 radical (unpaired) electrons. The van der Waals surface area contributed by atoms with Gasteiger partial charge in [0.15, 0.2) is 5.82 Å². The summed E-state index contributed by atoms with van der Waals surface area (Å²) in [6.07, 6.45) is 0. The molecule has 6 aromatic carbocycles. The van der Waals surface area contributed by atoms with E-state index in [9.17, 15) is 0 Å². The zero-order valence-corrected chi connectivity index (χ0v) is 27.5. The van der Waals surface area contributed by atoms with Crippen LogP contribution in [0.3, 0.4) is 0 Å². The summed E-state index contributed by atoms with van der Waals surface area (Å²) in [6, 6.07) is 61.4. The van der Waals surface area contributed by atoms with Gasteiger partial charge in [0.25, 0.3) is 0 Å². The third-order valence-electron chi connectivity index (χ3n) is 9.36. The van der Waals surface area contributed by atoms with Crippen molar-refractivity contribution in [3.63, 3.8) is 0 Å². The predicted octanol–water partition coefficient (Wildman–Crippen LogP) is 11.6. The van der Waals surface area contributed by atoms with Crippen molar-refractivity contribution in [2.45, 2.75) is 6.92 Å². The van der Waals surface area contributed by atoms with E-state index in [-0.39, 0.29) is 0 Å². The van der Waals surface area contributed by atoms with Crippen LogP contribution in [-0.4, -0.2) is 19.6 Å². The van der Waals surface area contributed by atoms with Gasteiger partial charge in [-0.15, -0.1) is 0 Å². The number of hydrogen-bond donors (Lipinski definition) is 0. The molecule has 0 saturated carbocycles. The molecule has 50 heavy (non-hydrogen) atoms. The minimum Gasteiger partial charge on any atom is -0.232 e. The van der Waals surface area contributed by atoms with Gasteiger partial charge in [0.2, 0.25) is 0 Å². The van der Waals surface area contributed by atoms with Crippen LogP contribution in [0, 0.1) is 6.92 Å². The molecule has 9 rings (SSSR count). The minimum absolute atomic E-state index is 0.713. The molecule has 0 aliphatic rings. The third-order valence-corrected chi connectivity index (χ3v) is 9.36. The van der Waals surface area contributed by atoms with Gasteiger partial charge in [-0.3, -0.25) is 0 Å². The Morgan fingerprint density at radius 1 is 0.420 bits per heavy atom. The molecule has 0 aliphatic carbocycles. The quantitative estimate of drug-likeness (QED) is 0.182. The van der Waals surface area contributed by atoms with Gasteiger partial charge < -0.3 is 0 Å². The van der Waals surface area contributed by atoms with Crippen LogP contribution in [0.25, 0.3) is 83.7 Å². The summed E-state index contributed by atoms with van der Waals surface area (Å²) in [5.41, 5.74) is 13.8. The highest BCUT2D eigenvalue weighted by atomic mass is 15.2. The lowest BCUT2D eigenvalue weighted by atomic mass is 9.96. The number of hydrogen-bond acceptors (Lipinski definition) is 3. The maximum atomic E-state index is 5.13. The lowest BCUT2D eigenvalue weighted by Gasteiger charge is -2.13. The van der Waals surface area contributed by atoms with E-state index in [2.05, 4.69) is 151 Å². The highest BCUT2D eigenvalue weighted by Crippen LogP contribution is 2.38. The van der Waals surface area contributed by atoms with E-state index in [1.807, 2.05) is 36.4 Å². The van der Waals surface area contributed by atoms with Gasteiger partial charge in [-0.1, -0.05) is 158 Å². The molecule has 0 spiro atoms. The average molecular weight is 641 g/mol. The molecular weight excluding hydrogens is 609 g/mol. The SMILES string of the molecule is Cc1nn2c(-c3ccccc3)cc3ccc(-c4ccc(-c5cc(-c6ccccc6)nc(-c6ccccc6)n5)cc4)cc3c2c1-c1ccccc1. The topological polar surface area (TPSA) is 43.1 Å². The molecule has 0 amide bonds. The van der Waals surface area contributed by atoms with Gasteiger partial charge in [-0.2, -0.15) is 5.10 Å². The van der Waals surface area contributed by atoms with Crippen molar-refractivity contribution in [3.8, 4) is 67.4 Å². The lowest BCUT2D eigenvalue weighted by molar-refractivity contribution is 0.946. The molecule has 0 atom stereocenters. The minimum atomic E-state index is 0.713. The second kappa shape index (κ2) is 12.4. The molecule has 3 heterocycles. The molecule has 0 bridgehead atoms. The first-order chi connectivity index (χ1) is 24.7. The fourth-order valence-corrected chi connectivity index (χ4v) is 6.89. The zero-order valence-electron chi connectivity index (χ0n) is 27.5. The first kappa shape index (κ1) is 29.5.